The Balaban J connectivity index is 2.10. The van der Waals surface area contributed by atoms with Gasteiger partial charge in [-0.1, -0.05) is 19.1 Å². The molecule has 22 heavy (non-hydrogen) atoms. The number of benzene rings is 1. The van der Waals surface area contributed by atoms with Crippen LogP contribution in [0.4, 0.5) is 0 Å². The molecule has 0 fully saturated rings. The Kier molecular flexibility index (Phi) is 5.20. The molecule has 0 aliphatic carbocycles. The van der Waals surface area contributed by atoms with Crippen molar-refractivity contribution in [2.24, 2.45) is 0 Å². The third-order valence-electron chi connectivity index (χ3n) is 3.59. The first-order chi connectivity index (χ1) is 10.5. The van der Waals surface area contributed by atoms with Gasteiger partial charge < -0.3 is 10.1 Å². The number of methoxy groups -OCH3 is 1. The Morgan fingerprint density at radius 3 is 2.91 bits per heavy atom. The first-order valence-electron chi connectivity index (χ1n) is 7.54. The summed E-state index contributed by atoms with van der Waals surface area (Å²) in [7, 11) is 1.63. The van der Waals surface area contributed by atoms with Gasteiger partial charge in [-0.2, -0.15) is 5.10 Å². The molecule has 0 saturated carbocycles. The van der Waals surface area contributed by atoms with E-state index in [1.165, 1.54) is 0 Å². The molecule has 0 unspecified atom stereocenters. The normalized spacial score (nSPS) is 12.0. The van der Waals surface area contributed by atoms with Crippen LogP contribution in [-0.2, 0) is 6.54 Å². The molecule has 0 saturated heterocycles. The van der Waals surface area contributed by atoms with Gasteiger partial charge in [0, 0.05) is 12.7 Å². The van der Waals surface area contributed by atoms with Crippen LogP contribution in [0, 0.1) is 6.92 Å². The number of ether oxygens (including phenoxy) is 1. The molecule has 1 aromatic heterocycles. The monoisotopic (exact) mass is 301 g/mol. The molecule has 0 radical (unpaired) electrons. The minimum absolute atomic E-state index is 0.100. The lowest BCUT2D eigenvalue weighted by Gasteiger charge is -2.14. The number of hydrogen-bond acceptors (Lipinski definition) is 3. The zero-order valence-corrected chi connectivity index (χ0v) is 13.6. The maximum atomic E-state index is 12.4. The Morgan fingerprint density at radius 1 is 1.45 bits per heavy atom. The van der Waals surface area contributed by atoms with E-state index in [4.69, 9.17) is 4.74 Å². The standard InChI is InChI=1S/C17H23N3O2/c1-5-9-20-11-16(13(3)19-20)17(21)18-12(2)14-7-6-8-15(10-14)22-4/h6-8,10-12H,5,9H2,1-4H3,(H,18,21)/t12-/m1/s1. The minimum atomic E-state index is -0.102. The second-order valence-corrected chi connectivity index (χ2v) is 5.36. The van der Waals surface area contributed by atoms with Crippen molar-refractivity contribution in [1.29, 1.82) is 0 Å². The zero-order valence-electron chi connectivity index (χ0n) is 13.6. The van der Waals surface area contributed by atoms with Crippen LogP contribution in [0.5, 0.6) is 5.75 Å². The summed E-state index contributed by atoms with van der Waals surface area (Å²) in [5.74, 6) is 0.681. The summed E-state index contributed by atoms with van der Waals surface area (Å²) in [4.78, 5) is 12.4. The number of carbonyl (C=O) groups is 1. The fraction of sp³-hybridized carbons (Fsp3) is 0.412. The van der Waals surface area contributed by atoms with Gasteiger partial charge in [-0.3, -0.25) is 9.48 Å². The first-order valence-corrected chi connectivity index (χ1v) is 7.54. The van der Waals surface area contributed by atoms with E-state index in [-0.39, 0.29) is 11.9 Å². The second-order valence-electron chi connectivity index (χ2n) is 5.36. The number of hydrogen-bond donors (Lipinski definition) is 1. The lowest BCUT2D eigenvalue weighted by Crippen LogP contribution is -2.26. The van der Waals surface area contributed by atoms with Crippen molar-refractivity contribution in [1.82, 2.24) is 15.1 Å². The summed E-state index contributed by atoms with van der Waals surface area (Å²) >= 11 is 0. The smallest absolute Gasteiger partial charge is 0.255 e. The molecule has 1 N–H and O–H groups in total. The SMILES string of the molecule is CCCn1cc(C(=O)N[C@H](C)c2cccc(OC)c2)c(C)n1. The van der Waals surface area contributed by atoms with Crippen LogP contribution in [0.2, 0.25) is 0 Å². The van der Waals surface area contributed by atoms with Gasteiger partial charge in [0.1, 0.15) is 5.75 Å². The van der Waals surface area contributed by atoms with Gasteiger partial charge in [0.2, 0.25) is 0 Å². The molecule has 2 aromatic rings. The van der Waals surface area contributed by atoms with Crippen LogP contribution < -0.4 is 10.1 Å². The predicted molar refractivity (Wildman–Crippen MR) is 86.1 cm³/mol. The molecule has 1 aromatic carbocycles. The van der Waals surface area contributed by atoms with Gasteiger partial charge in [-0.15, -0.1) is 0 Å². The highest BCUT2D eigenvalue weighted by Crippen LogP contribution is 2.19. The average Bonchev–Trinajstić information content (AvgIpc) is 2.88. The van der Waals surface area contributed by atoms with Crippen molar-refractivity contribution < 1.29 is 9.53 Å². The molecule has 0 bridgehead atoms. The summed E-state index contributed by atoms with van der Waals surface area (Å²) in [6, 6.07) is 7.61. The maximum absolute atomic E-state index is 12.4. The van der Waals surface area contributed by atoms with E-state index < -0.39 is 0 Å². The largest absolute Gasteiger partial charge is 0.497 e. The van der Waals surface area contributed by atoms with Gasteiger partial charge in [-0.05, 0) is 38.0 Å². The van der Waals surface area contributed by atoms with E-state index in [1.54, 1.807) is 7.11 Å². The van der Waals surface area contributed by atoms with Gasteiger partial charge in [0.05, 0.1) is 24.4 Å². The topological polar surface area (TPSA) is 56.2 Å². The van der Waals surface area contributed by atoms with Crippen LogP contribution in [-0.4, -0.2) is 22.8 Å². The van der Waals surface area contributed by atoms with Gasteiger partial charge in [-0.25, -0.2) is 0 Å². The molecular formula is C17H23N3O2. The number of rotatable bonds is 6. The Morgan fingerprint density at radius 2 is 2.23 bits per heavy atom. The molecule has 5 nitrogen and oxygen atoms in total. The second kappa shape index (κ2) is 7.11. The van der Waals surface area contributed by atoms with Crippen LogP contribution in [0.3, 0.4) is 0 Å². The average molecular weight is 301 g/mol. The third-order valence-corrected chi connectivity index (χ3v) is 3.59. The lowest BCUT2D eigenvalue weighted by molar-refractivity contribution is 0.0939. The van der Waals surface area contributed by atoms with E-state index in [0.717, 1.165) is 30.0 Å². The van der Waals surface area contributed by atoms with E-state index >= 15 is 0 Å². The van der Waals surface area contributed by atoms with Crippen LogP contribution in [0.15, 0.2) is 30.5 Å². The fourth-order valence-electron chi connectivity index (χ4n) is 2.35. The van der Waals surface area contributed by atoms with Gasteiger partial charge in [0.15, 0.2) is 0 Å². The van der Waals surface area contributed by atoms with E-state index in [9.17, 15) is 4.79 Å². The summed E-state index contributed by atoms with van der Waals surface area (Å²) in [5.41, 5.74) is 2.39. The molecule has 0 spiro atoms. The molecule has 1 amide bonds. The predicted octanol–water partition coefficient (Wildman–Crippen LogP) is 3.10. The number of nitrogens with one attached hydrogen (secondary N) is 1. The molecule has 1 heterocycles. The molecule has 5 heteroatoms. The van der Waals surface area contributed by atoms with Crippen LogP contribution >= 0.6 is 0 Å². The van der Waals surface area contributed by atoms with Crippen molar-refractivity contribution in [3.8, 4) is 5.75 Å². The van der Waals surface area contributed by atoms with Crippen molar-refractivity contribution in [2.45, 2.75) is 39.8 Å². The first kappa shape index (κ1) is 16.1. The Hall–Kier alpha value is -2.30. The molecule has 2 rings (SSSR count). The number of aryl methyl sites for hydroxylation is 2. The molecular weight excluding hydrogens is 278 g/mol. The summed E-state index contributed by atoms with van der Waals surface area (Å²) in [5, 5.41) is 7.38. The summed E-state index contributed by atoms with van der Waals surface area (Å²) in [6.07, 6.45) is 2.80. The molecule has 0 aliphatic heterocycles. The Bertz CT molecular complexity index is 649. The third kappa shape index (κ3) is 3.67. The van der Waals surface area contributed by atoms with E-state index in [2.05, 4.69) is 17.3 Å². The number of aromatic nitrogens is 2. The molecule has 118 valence electrons. The number of amides is 1. The van der Waals surface area contributed by atoms with Gasteiger partial charge in [0.25, 0.3) is 5.91 Å². The highest BCUT2D eigenvalue weighted by atomic mass is 16.5. The van der Waals surface area contributed by atoms with E-state index in [0.29, 0.717) is 5.56 Å². The minimum Gasteiger partial charge on any atom is -0.497 e. The van der Waals surface area contributed by atoms with Gasteiger partial charge >= 0.3 is 0 Å². The van der Waals surface area contributed by atoms with Crippen molar-refractivity contribution >= 4 is 5.91 Å². The van der Waals surface area contributed by atoms with Crippen molar-refractivity contribution in [3.05, 3.63) is 47.3 Å². The number of carbonyl (C=O) groups excluding carboxylic acids is 1. The maximum Gasteiger partial charge on any atom is 0.255 e. The lowest BCUT2D eigenvalue weighted by atomic mass is 10.1. The number of nitrogens with zero attached hydrogens (tertiary/aromatic N) is 2. The highest BCUT2D eigenvalue weighted by Gasteiger charge is 2.16. The fourth-order valence-corrected chi connectivity index (χ4v) is 2.35. The summed E-state index contributed by atoms with van der Waals surface area (Å²) in [6.45, 7) is 6.72. The molecule has 1 atom stereocenters. The van der Waals surface area contributed by atoms with Crippen LogP contribution in [0.1, 0.15) is 47.9 Å². The van der Waals surface area contributed by atoms with Crippen LogP contribution in [0.25, 0.3) is 0 Å². The highest BCUT2D eigenvalue weighted by molar-refractivity contribution is 5.95. The van der Waals surface area contributed by atoms with E-state index in [1.807, 2.05) is 49.0 Å². The zero-order chi connectivity index (χ0) is 16.1. The Labute approximate surface area is 131 Å². The summed E-state index contributed by atoms with van der Waals surface area (Å²) < 4.78 is 7.04. The molecule has 0 aliphatic rings. The van der Waals surface area contributed by atoms with Crippen molar-refractivity contribution in [2.75, 3.05) is 7.11 Å². The quantitative estimate of drug-likeness (QED) is 0.892. The van der Waals surface area contributed by atoms with Crippen molar-refractivity contribution in [3.63, 3.8) is 0 Å².